The van der Waals surface area contributed by atoms with Crippen LogP contribution in [0.1, 0.15) is 16.8 Å². The minimum atomic E-state index is -0.864. The minimum absolute atomic E-state index is 0.0437. The highest BCUT2D eigenvalue weighted by atomic mass is 16.4. The SMILES string of the molecule is Cc1cccc(C)c1-n1cnc(CC(=O)O)c1. The van der Waals surface area contributed by atoms with Crippen molar-refractivity contribution < 1.29 is 9.90 Å². The van der Waals surface area contributed by atoms with Gasteiger partial charge in [0.05, 0.1) is 24.1 Å². The third-order valence-electron chi connectivity index (χ3n) is 2.67. The first-order chi connectivity index (χ1) is 8.08. The molecule has 2 rings (SSSR count). The highest BCUT2D eigenvalue weighted by Gasteiger charge is 2.08. The van der Waals surface area contributed by atoms with Gasteiger partial charge in [-0.05, 0) is 25.0 Å². The van der Waals surface area contributed by atoms with Crippen LogP contribution in [0.4, 0.5) is 0 Å². The van der Waals surface area contributed by atoms with E-state index in [0.29, 0.717) is 5.69 Å². The molecule has 0 atom stereocenters. The zero-order chi connectivity index (χ0) is 12.4. The molecule has 0 aliphatic rings. The fraction of sp³-hybridized carbons (Fsp3) is 0.231. The zero-order valence-corrected chi connectivity index (χ0v) is 9.84. The van der Waals surface area contributed by atoms with Crippen LogP contribution in [-0.2, 0) is 11.2 Å². The number of carbonyl (C=O) groups is 1. The fourth-order valence-corrected chi connectivity index (χ4v) is 1.95. The number of imidazole rings is 1. The molecule has 17 heavy (non-hydrogen) atoms. The molecule has 4 heteroatoms. The summed E-state index contributed by atoms with van der Waals surface area (Å²) in [6.07, 6.45) is 3.38. The Kier molecular flexibility index (Phi) is 2.95. The Labute approximate surface area is 99.5 Å². The number of aryl methyl sites for hydroxylation is 2. The van der Waals surface area contributed by atoms with E-state index in [9.17, 15) is 4.79 Å². The molecule has 0 amide bonds. The number of aliphatic carboxylic acids is 1. The first-order valence-corrected chi connectivity index (χ1v) is 5.39. The zero-order valence-electron chi connectivity index (χ0n) is 9.84. The molecule has 0 saturated carbocycles. The van der Waals surface area contributed by atoms with E-state index in [-0.39, 0.29) is 6.42 Å². The smallest absolute Gasteiger partial charge is 0.309 e. The number of para-hydroxylation sites is 1. The van der Waals surface area contributed by atoms with E-state index < -0.39 is 5.97 Å². The van der Waals surface area contributed by atoms with E-state index in [0.717, 1.165) is 16.8 Å². The molecule has 1 heterocycles. The average Bonchev–Trinajstić information content (AvgIpc) is 2.65. The number of benzene rings is 1. The van der Waals surface area contributed by atoms with Gasteiger partial charge in [-0.3, -0.25) is 4.79 Å². The Balaban J connectivity index is 2.40. The van der Waals surface area contributed by atoms with Gasteiger partial charge in [0.1, 0.15) is 0 Å². The van der Waals surface area contributed by atoms with E-state index in [4.69, 9.17) is 5.11 Å². The summed E-state index contributed by atoms with van der Waals surface area (Å²) in [4.78, 5) is 14.7. The molecular formula is C13H14N2O2. The number of aromatic nitrogens is 2. The molecule has 0 radical (unpaired) electrons. The summed E-state index contributed by atoms with van der Waals surface area (Å²) in [5, 5.41) is 8.71. The van der Waals surface area contributed by atoms with Gasteiger partial charge in [0, 0.05) is 6.20 Å². The van der Waals surface area contributed by atoms with Crippen LogP contribution in [0.25, 0.3) is 5.69 Å². The molecule has 1 N–H and O–H groups in total. The van der Waals surface area contributed by atoms with Crippen LogP contribution in [0.15, 0.2) is 30.7 Å². The minimum Gasteiger partial charge on any atom is -0.481 e. The highest BCUT2D eigenvalue weighted by molar-refractivity contribution is 5.69. The third-order valence-corrected chi connectivity index (χ3v) is 2.67. The lowest BCUT2D eigenvalue weighted by molar-refractivity contribution is -0.136. The number of carboxylic acids is 1. The molecule has 0 aliphatic carbocycles. The van der Waals surface area contributed by atoms with Gasteiger partial charge >= 0.3 is 5.97 Å². The predicted molar refractivity (Wildman–Crippen MR) is 64.4 cm³/mol. The maximum Gasteiger partial charge on any atom is 0.309 e. The fourth-order valence-electron chi connectivity index (χ4n) is 1.95. The molecule has 1 aromatic heterocycles. The lowest BCUT2D eigenvalue weighted by atomic mass is 10.1. The van der Waals surface area contributed by atoms with Gasteiger partial charge in [0.15, 0.2) is 0 Å². The molecule has 1 aromatic carbocycles. The van der Waals surface area contributed by atoms with Crippen molar-refractivity contribution in [2.75, 3.05) is 0 Å². The van der Waals surface area contributed by atoms with E-state index >= 15 is 0 Å². The van der Waals surface area contributed by atoms with Crippen molar-refractivity contribution >= 4 is 5.97 Å². The van der Waals surface area contributed by atoms with E-state index in [1.807, 2.05) is 36.6 Å². The molecule has 0 saturated heterocycles. The van der Waals surface area contributed by atoms with E-state index in [2.05, 4.69) is 4.98 Å². The van der Waals surface area contributed by atoms with Crippen molar-refractivity contribution in [3.63, 3.8) is 0 Å². The molecule has 0 unspecified atom stereocenters. The van der Waals surface area contributed by atoms with Crippen molar-refractivity contribution in [2.24, 2.45) is 0 Å². The van der Waals surface area contributed by atoms with Crippen LogP contribution in [0.3, 0.4) is 0 Å². The Hall–Kier alpha value is -2.10. The monoisotopic (exact) mass is 230 g/mol. The summed E-state index contributed by atoms with van der Waals surface area (Å²) >= 11 is 0. The summed E-state index contributed by atoms with van der Waals surface area (Å²) in [6.45, 7) is 4.05. The predicted octanol–water partition coefficient (Wildman–Crippen LogP) is 2.12. The summed E-state index contributed by atoms with van der Waals surface area (Å²) in [7, 11) is 0. The average molecular weight is 230 g/mol. The second-order valence-corrected chi connectivity index (χ2v) is 4.08. The van der Waals surface area contributed by atoms with Crippen molar-refractivity contribution in [2.45, 2.75) is 20.3 Å². The Morgan fingerprint density at radius 1 is 1.35 bits per heavy atom. The summed E-state index contributed by atoms with van der Waals surface area (Å²) in [5.74, 6) is -0.864. The molecule has 0 bridgehead atoms. The summed E-state index contributed by atoms with van der Waals surface area (Å²) in [5.41, 5.74) is 3.92. The number of hydrogen-bond donors (Lipinski definition) is 1. The molecule has 4 nitrogen and oxygen atoms in total. The normalized spacial score (nSPS) is 10.5. The van der Waals surface area contributed by atoms with Crippen LogP contribution < -0.4 is 0 Å². The van der Waals surface area contributed by atoms with Crippen LogP contribution in [0.5, 0.6) is 0 Å². The largest absolute Gasteiger partial charge is 0.481 e. The Morgan fingerprint density at radius 2 is 2.00 bits per heavy atom. The number of carboxylic acid groups (broad SMARTS) is 1. The maximum atomic E-state index is 10.6. The van der Waals surface area contributed by atoms with Crippen molar-refractivity contribution in [3.05, 3.63) is 47.5 Å². The molecule has 2 aromatic rings. The highest BCUT2D eigenvalue weighted by Crippen LogP contribution is 2.18. The van der Waals surface area contributed by atoms with Gasteiger partial charge in [-0.25, -0.2) is 4.98 Å². The van der Waals surface area contributed by atoms with Gasteiger partial charge < -0.3 is 9.67 Å². The summed E-state index contributed by atoms with van der Waals surface area (Å²) < 4.78 is 1.88. The molecule has 0 spiro atoms. The van der Waals surface area contributed by atoms with Gasteiger partial charge in [-0.1, -0.05) is 18.2 Å². The molecule has 88 valence electrons. The van der Waals surface area contributed by atoms with Gasteiger partial charge in [0.25, 0.3) is 0 Å². The Bertz CT molecular complexity index is 538. The third kappa shape index (κ3) is 2.36. The number of rotatable bonds is 3. The lowest BCUT2D eigenvalue weighted by Crippen LogP contribution is -2.00. The number of hydrogen-bond acceptors (Lipinski definition) is 2. The van der Waals surface area contributed by atoms with Crippen LogP contribution in [0.2, 0.25) is 0 Å². The van der Waals surface area contributed by atoms with Crippen molar-refractivity contribution in [1.82, 2.24) is 9.55 Å². The van der Waals surface area contributed by atoms with Crippen molar-refractivity contribution in [3.8, 4) is 5.69 Å². The standard InChI is InChI=1S/C13H14N2O2/c1-9-4-3-5-10(2)13(9)15-7-11(14-8-15)6-12(16)17/h3-5,7-8H,6H2,1-2H3,(H,16,17). The first-order valence-electron chi connectivity index (χ1n) is 5.39. The van der Waals surface area contributed by atoms with E-state index in [1.165, 1.54) is 0 Å². The second kappa shape index (κ2) is 4.41. The molecular weight excluding hydrogens is 216 g/mol. The van der Waals surface area contributed by atoms with Crippen molar-refractivity contribution in [1.29, 1.82) is 0 Å². The van der Waals surface area contributed by atoms with Gasteiger partial charge in [-0.15, -0.1) is 0 Å². The van der Waals surface area contributed by atoms with Gasteiger partial charge in [-0.2, -0.15) is 0 Å². The quantitative estimate of drug-likeness (QED) is 0.878. The first kappa shape index (κ1) is 11.4. The summed E-state index contributed by atoms with van der Waals surface area (Å²) in [6, 6.07) is 6.06. The maximum absolute atomic E-state index is 10.6. The van der Waals surface area contributed by atoms with Crippen LogP contribution >= 0.6 is 0 Å². The Morgan fingerprint density at radius 3 is 2.59 bits per heavy atom. The molecule has 0 aliphatic heterocycles. The van der Waals surface area contributed by atoms with Crippen LogP contribution in [-0.4, -0.2) is 20.6 Å². The topological polar surface area (TPSA) is 55.1 Å². The lowest BCUT2D eigenvalue weighted by Gasteiger charge is -2.09. The van der Waals surface area contributed by atoms with Crippen LogP contribution in [0, 0.1) is 13.8 Å². The van der Waals surface area contributed by atoms with E-state index in [1.54, 1.807) is 12.5 Å². The second-order valence-electron chi connectivity index (χ2n) is 4.08. The van der Waals surface area contributed by atoms with Gasteiger partial charge in [0.2, 0.25) is 0 Å². The number of nitrogens with zero attached hydrogens (tertiary/aromatic N) is 2. The molecule has 0 fully saturated rings.